The predicted molar refractivity (Wildman–Crippen MR) is 97.1 cm³/mol. The highest BCUT2D eigenvalue weighted by molar-refractivity contribution is 7.98. The molecule has 0 aliphatic carbocycles. The molecule has 0 radical (unpaired) electrons. The van der Waals surface area contributed by atoms with Crippen molar-refractivity contribution in [3.05, 3.63) is 29.3 Å². The third kappa shape index (κ3) is 5.15. The second-order valence-electron chi connectivity index (χ2n) is 6.30. The number of rotatable bonds is 6. The molecule has 0 aromatic heterocycles. The molecule has 4 nitrogen and oxygen atoms in total. The van der Waals surface area contributed by atoms with Gasteiger partial charge in [-0.15, -0.1) is 0 Å². The van der Waals surface area contributed by atoms with Crippen LogP contribution in [0.3, 0.4) is 0 Å². The van der Waals surface area contributed by atoms with Gasteiger partial charge in [0.1, 0.15) is 11.9 Å². The summed E-state index contributed by atoms with van der Waals surface area (Å²) in [4.78, 5) is 14.2. The average molecular weight is 337 g/mol. The summed E-state index contributed by atoms with van der Waals surface area (Å²) in [5.74, 6) is 1.98. The van der Waals surface area contributed by atoms with Gasteiger partial charge in [-0.2, -0.15) is 11.8 Å². The molecular weight excluding hydrogens is 308 g/mol. The summed E-state index contributed by atoms with van der Waals surface area (Å²) in [5, 5.41) is 0. The van der Waals surface area contributed by atoms with E-state index in [1.54, 1.807) is 11.8 Å². The van der Waals surface area contributed by atoms with Gasteiger partial charge in [-0.3, -0.25) is 4.79 Å². The maximum absolute atomic E-state index is 12.3. The van der Waals surface area contributed by atoms with Crippen LogP contribution in [-0.4, -0.2) is 48.1 Å². The number of carbonyl (C=O) groups is 1. The van der Waals surface area contributed by atoms with Gasteiger partial charge in [0.25, 0.3) is 0 Å². The average Bonchev–Trinajstić information content (AvgIpc) is 2.56. The lowest BCUT2D eigenvalue weighted by Crippen LogP contribution is -2.48. The summed E-state index contributed by atoms with van der Waals surface area (Å²) in [6, 6.07) is 5.91. The molecule has 1 aromatic carbocycles. The molecule has 1 fully saturated rings. The maximum atomic E-state index is 12.3. The lowest BCUT2D eigenvalue weighted by Gasteiger charge is -2.34. The van der Waals surface area contributed by atoms with Gasteiger partial charge in [0.05, 0.1) is 6.04 Å². The van der Waals surface area contributed by atoms with E-state index in [1.165, 1.54) is 5.56 Å². The first kappa shape index (κ1) is 18.1. The van der Waals surface area contributed by atoms with Crippen LogP contribution in [-0.2, 0) is 4.79 Å². The van der Waals surface area contributed by atoms with Crippen LogP contribution in [0, 0.1) is 13.8 Å². The van der Waals surface area contributed by atoms with Crippen LogP contribution in [0.5, 0.6) is 5.75 Å². The van der Waals surface area contributed by atoms with Gasteiger partial charge >= 0.3 is 0 Å². The number of ether oxygens (including phenoxy) is 1. The normalized spacial score (nSPS) is 17.1. The monoisotopic (exact) mass is 336 g/mol. The summed E-state index contributed by atoms with van der Waals surface area (Å²) in [7, 11) is 0. The van der Waals surface area contributed by atoms with Crippen LogP contribution in [0.4, 0.5) is 0 Å². The van der Waals surface area contributed by atoms with E-state index in [2.05, 4.69) is 32.0 Å². The summed E-state index contributed by atoms with van der Waals surface area (Å²) >= 11 is 1.73. The number of nitrogens with two attached hydrogens (primary N) is 1. The van der Waals surface area contributed by atoms with Crippen molar-refractivity contribution in [2.75, 3.05) is 25.1 Å². The molecule has 1 amide bonds. The van der Waals surface area contributed by atoms with Crippen molar-refractivity contribution in [1.82, 2.24) is 4.90 Å². The SMILES string of the molecule is CSCC[C@H](N)C(=O)N1CCC(Oc2cc(C)ccc2C)CC1. The third-order valence-corrected chi connectivity index (χ3v) is 4.99. The molecule has 2 N–H and O–H groups in total. The molecule has 1 saturated heterocycles. The van der Waals surface area contributed by atoms with E-state index < -0.39 is 0 Å². The highest BCUT2D eigenvalue weighted by Crippen LogP contribution is 2.24. The topological polar surface area (TPSA) is 55.6 Å². The Morgan fingerprint density at radius 2 is 2.09 bits per heavy atom. The van der Waals surface area contributed by atoms with E-state index in [9.17, 15) is 4.79 Å². The Morgan fingerprint density at radius 3 is 2.74 bits per heavy atom. The molecule has 0 spiro atoms. The van der Waals surface area contributed by atoms with Crippen LogP contribution in [0.25, 0.3) is 0 Å². The molecule has 0 saturated carbocycles. The standard InChI is InChI=1S/C18H28N2O2S/c1-13-4-5-14(2)17(12-13)22-15-6-9-20(10-7-15)18(21)16(19)8-11-23-3/h4-5,12,15-16H,6-11,19H2,1-3H3/t16-/m0/s1. The van der Waals surface area contributed by atoms with E-state index >= 15 is 0 Å². The number of hydrogen-bond acceptors (Lipinski definition) is 4. The minimum Gasteiger partial charge on any atom is -0.490 e. The van der Waals surface area contributed by atoms with E-state index in [1.807, 2.05) is 11.2 Å². The van der Waals surface area contributed by atoms with E-state index in [4.69, 9.17) is 10.5 Å². The van der Waals surface area contributed by atoms with Gasteiger partial charge < -0.3 is 15.4 Å². The van der Waals surface area contributed by atoms with Crippen molar-refractivity contribution in [3.63, 3.8) is 0 Å². The van der Waals surface area contributed by atoms with Crippen molar-refractivity contribution >= 4 is 17.7 Å². The zero-order valence-electron chi connectivity index (χ0n) is 14.4. The van der Waals surface area contributed by atoms with Crippen molar-refractivity contribution in [1.29, 1.82) is 0 Å². The molecule has 5 heteroatoms. The molecule has 0 bridgehead atoms. The number of nitrogens with zero attached hydrogens (tertiary/aromatic N) is 1. The van der Waals surface area contributed by atoms with E-state index in [0.29, 0.717) is 0 Å². The Balaban J connectivity index is 1.84. The molecule has 1 aliphatic heterocycles. The molecule has 1 aromatic rings. The predicted octanol–water partition coefficient (Wildman–Crippen LogP) is 2.75. The number of amides is 1. The second-order valence-corrected chi connectivity index (χ2v) is 7.29. The van der Waals surface area contributed by atoms with Crippen molar-refractivity contribution in [2.24, 2.45) is 5.73 Å². The molecule has 2 rings (SSSR count). The number of aryl methyl sites for hydroxylation is 2. The lowest BCUT2D eigenvalue weighted by atomic mass is 10.1. The van der Waals surface area contributed by atoms with Crippen LogP contribution in [0.2, 0.25) is 0 Å². The number of carbonyl (C=O) groups excluding carboxylic acids is 1. The quantitative estimate of drug-likeness (QED) is 0.868. The molecule has 128 valence electrons. The number of likely N-dealkylation sites (tertiary alicyclic amines) is 1. The van der Waals surface area contributed by atoms with Gasteiger partial charge in [0.2, 0.25) is 5.91 Å². The Bertz CT molecular complexity index is 528. The number of thioether (sulfide) groups is 1. The van der Waals surface area contributed by atoms with Gasteiger partial charge in [-0.05, 0) is 49.5 Å². The van der Waals surface area contributed by atoms with Crippen molar-refractivity contribution in [3.8, 4) is 5.75 Å². The van der Waals surface area contributed by atoms with Crippen molar-refractivity contribution in [2.45, 2.75) is 45.3 Å². The van der Waals surface area contributed by atoms with Gasteiger partial charge in [-0.1, -0.05) is 12.1 Å². The van der Waals surface area contributed by atoms with E-state index in [-0.39, 0.29) is 18.1 Å². The largest absolute Gasteiger partial charge is 0.490 e. The summed E-state index contributed by atoms with van der Waals surface area (Å²) < 4.78 is 6.15. The lowest BCUT2D eigenvalue weighted by molar-refractivity contribution is -0.134. The zero-order valence-corrected chi connectivity index (χ0v) is 15.2. The van der Waals surface area contributed by atoms with Crippen LogP contribution >= 0.6 is 11.8 Å². The Hall–Kier alpha value is -1.20. The van der Waals surface area contributed by atoms with Gasteiger partial charge in [0, 0.05) is 25.9 Å². The smallest absolute Gasteiger partial charge is 0.239 e. The van der Waals surface area contributed by atoms with Gasteiger partial charge in [-0.25, -0.2) is 0 Å². The highest BCUT2D eigenvalue weighted by Gasteiger charge is 2.27. The fourth-order valence-corrected chi connectivity index (χ4v) is 3.30. The molecular formula is C18H28N2O2S. The van der Waals surface area contributed by atoms with Gasteiger partial charge in [0.15, 0.2) is 0 Å². The third-order valence-electron chi connectivity index (χ3n) is 4.34. The fourth-order valence-electron chi connectivity index (χ4n) is 2.81. The molecule has 0 unspecified atom stereocenters. The minimum absolute atomic E-state index is 0.0873. The minimum atomic E-state index is -0.362. The van der Waals surface area contributed by atoms with Crippen molar-refractivity contribution < 1.29 is 9.53 Å². The maximum Gasteiger partial charge on any atom is 0.239 e. The zero-order chi connectivity index (χ0) is 16.8. The molecule has 1 heterocycles. The summed E-state index contributed by atoms with van der Waals surface area (Å²) in [6.45, 7) is 5.62. The Morgan fingerprint density at radius 1 is 1.39 bits per heavy atom. The summed E-state index contributed by atoms with van der Waals surface area (Å²) in [5.41, 5.74) is 8.36. The Kier molecular flexibility index (Phi) is 6.78. The first-order valence-corrected chi connectivity index (χ1v) is 9.68. The van der Waals surface area contributed by atoms with E-state index in [0.717, 1.165) is 49.4 Å². The molecule has 1 aliphatic rings. The molecule has 1 atom stereocenters. The first-order valence-electron chi connectivity index (χ1n) is 8.28. The number of hydrogen-bond donors (Lipinski definition) is 1. The molecule has 23 heavy (non-hydrogen) atoms. The Labute approximate surface area is 143 Å². The first-order chi connectivity index (χ1) is 11.0. The number of piperidine rings is 1. The number of benzene rings is 1. The van der Waals surface area contributed by atoms with Crippen LogP contribution < -0.4 is 10.5 Å². The van der Waals surface area contributed by atoms with Crippen LogP contribution in [0.15, 0.2) is 18.2 Å². The second kappa shape index (κ2) is 8.60. The summed E-state index contributed by atoms with van der Waals surface area (Å²) in [6.07, 6.45) is 4.71. The highest BCUT2D eigenvalue weighted by atomic mass is 32.2. The van der Waals surface area contributed by atoms with Crippen LogP contribution in [0.1, 0.15) is 30.4 Å². The fraction of sp³-hybridized carbons (Fsp3) is 0.611.